The van der Waals surface area contributed by atoms with Crippen LogP contribution in [0.4, 0.5) is 23.7 Å². The third-order valence-corrected chi connectivity index (χ3v) is 2.93. The quantitative estimate of drug-likeness (QED) is 0.905. The van der Waals surface area contributed by atoms with Crippen LogP contribution in [0.2, 0.25) is 0 Å². The van der Waals surface area contributed by atoms with Crippen molar-refractivity contribution in [2.24, 2.45) is 0 Å². The standard InChI is InChI=1S/C15H13F3N2O3/c1-2-23-14(22)20-12-10(15(16,17)18)8-11(19-13(12)21)9-6-4-3-5-7-9/h3-8H,2H2,1H3,(H,19,21)(H,20,22). The molecule has 0 fully saturated rings. The SMILES string of the molecule is CCOC(=O)Nc1c(C(F)(F)F)cc(-c2ccccc2)[nH]c1=O. The van der Waals surface area contributed by atoms with Gasteiger partial charge in [0.2, 0.25) is 0 Å². The van der Waals surface area contributed by atoms with Crippen molar-refractivity contribution in [1.29, 1.82) is 0 Å². The molecular formula is C15H13F3N2O3. The van der Waals surface area contributed by atoms with Crippen LogP contribution in [-0.4, -0.2) is 17.7 Å². The van der Waals surface area contributed by atoms with Gasteiger partial charge in [-0.3, -0.25) is 10.1 Å². The molecule has 1 aromatic heterocycles. The fourth-order valence-corrected chi connectivity index (χ4v) is 1.95. The van der Waals surface area contributed by atoms with Gasteiger partial charge in [-0.1, -0.05) is 30.3 Å². The Balaban J connectivity index is 2.55. The molecular weight excluding hydrogens is 313 g/mol. The number of hydrogen-bond donors (Lipinski definition) is 2. The van der Waals surface area contributed by atoms with E-state index in [1.54, 1.807) is 30.3 Å². The second-order valence-electron chi connectivity index (χ2n) is 4.51. The molecule has 0 aliphatic carbocycles. The Morgan fingerprint density at radius 3 is 2.48 bits per heavy atom. The summed E-state index contributed by atoms with van der Waals surface area (Å²) in [4.78, 5) is 25.7. The van der Waals surface area contributed by atoms with Crippen LogP contribution in [-0.2, 0) is 10.9 Å². The van der Waals surface area contributed by atoms with Gasteiger partial charge in [0.25, 0.3) is 5.56 Å². The van der Waals surface area contributed by atoms with E-state index in [9.17, 15) is 22.8 Å². The molecule has 2 N–H and O–H groups in total. The zero-order valence-corrected chi connectivity index (χ0v) is 12.0. The molecule has 0 unspecified atom stereocenters. The minimum atomic E-state index is -4.81. The van der Waals surface area contributed by atoms with E-state index in [1.165, 1.54) is 6.92 Å². The summed E-state index contributed by atoms with van der Waals surface area (Å²) in [5, 5.41) is 1.84. The maximum atomic E-state index is 13.2. The van der Waals surface area contributed by atoms with Gasteiger partial charge in [0, 0.05) is 5.69 Å². The Hall–Kier alpha value is -2.77. The predicted octanol–water partition coefficient (Wildman–Crippen LogP) is 3.63. The van der Waals surface area contributed by atoms with Crippen LogP contribution in [0.1, 0.15) is 12.5 Å². The Bertz CT molecular complexity index is 755. The van der Waals surface area contributed by atoms with Crippen LogP contribution in [0, 0.1) is 0 Å². The van der Waals surface area contributed by atoms with Gasteiger partial charge >= 0.3 is 12.3 Å². The molecule has 0 aliphatic rings. The van der Waals surface area contributed by atoms with Crippen LogP contribution in [0.3, 0.4) is 0 Å². The molecule has 2 aromatic rings. The smallest absolute Gasteiger partial charge is 0.418 e. The molecule has 0 aliphatic heterocycles. The number of anilines is 1. The number of ether oxygens (including phenoxy) is 1. The highest BCUT2D eigenvalue weighted by Gasteiger charge is 2.36. The number of aromatic nitrogens is 1. The van der Waals surface area contributed by atoms with Crippen LogP contribution in [0.5, 0.6) is 0 Å². The molecule has 1 aromatic carbocycles. The molecule has 1 amide bonds. The Labute approximate surface area is 129 Å². The summed E-state index contributed by atoms with van der Waals surface area (Å²) in [6.45, 7) is 1.46. The molecule has 2 rings (SSSR count). The summed E-state index contributed by atoms with van der Waals surface area (Å²) < 4.78 is 44.2. The largest absolute Gasteiger partial charge is 0.450 e. The summed E-state index contributed by atoms with van der Waals surface area (Å²) in [6.07, 6.45) is -5.94. The molecule has 0 spiro atoms. The number of amides is 1. The Morgan fingerprint density at radius 2 is 1.91 bits per heavy atom. The molecule has 23 heavy (non-hydrogen) atoms. The number of benzene rings is 1. The lowest BCUT2D eigenvalue weighted by Crippen LogP contribution is -2.25. The summed E-state index contributed by atoms with van der Waals surface area (Å²) in [5.41, 5.74) is -2.79. The van der Waals surface area contributed by atoms with Crippen molar-refractivity contribution >= 4 is 11.8 Å². The Morgan fingerprint density at radius 1 is 1.26 bits per heavy atom. The number of alkyl halides is 3. The summed E-state index contributed by atoms with van der Waals surface area (Å²) in [5.74, 6) is 0. The second-order valence-corrected chi connectivity index (χ2v) is 4.51. The van der Waals surface area contributed by atoms with Crippen molar-refractivity contribution in [1.82, 2.24) is 4.98 Å². The summed E-state index contributed by atoms with van der Waals surface area (Å²) in [6, 6.07) is 8.85. The fourth-order valence-electron chi connectivity index (χ4n) is 1.95. The normalized spacial score (nSPS) is 11.1. The van der Waals surface area contributed by atoms with Gasteiger partial charge in [0.15, 0.2) is 0 Å². The van der Waals surface area contributed by atoms with Crippen molar-refractivity contribution in [3.05, 3.63) is 52.3 Å². The van der Waals surface area contributed by atoms with Crippen LogP contribution < -0.4 is 10.9 Å². The van der Waals surface area contributed by atoms with Gasteiger partial charge in [-0.15, -0.1) is 0 Å². The lowest BCUT2D eigenvalue weighted by atomic mass is 10.1. The molecule has 1 heterocycles. The summed E-state index contributed by atoms with van der Waals surface area (Å²) in [7, 11) is 0. The number of rotatable bonds is 3. The minimum Gasteiger partial charge on any atom is -0.450 e. The lowest BCUT2D eigenvalue weighted by molar-refractivity contribution is -0.137. The second kappa shape index (κ2) is 6.55. The molecule has 0 atom stereocenters. The maximum Gasteiger partial charge on any atom is 0.418 e. The molecule has 0 saturated carbocycles. The van der Waals surface area contributed by atoms with Crippen LogP contribution in [0.25, 0.3) is 11.3 Å². The van der Waals surface area contributed by atoms with Gasteiger partial charge in [-0.25, -0.2) is 4.79 Å². The number of nitrogens with one attached hydrogen (secondary N) is 2. The highest BCUT2D eigenvalue weighted by molar-refractivity contribution is 5.86. The van der Waals surface area contributed by atoms with Crippen molar-refractivity contribution in [3.63, 3.8) is 0 Å². The third-order valence-electron chi connectivity index (χ3n) is 2.93. The van der Waals surface area contributed by atoms with Gasteiger partial charge in [-0.05, 0) is 18.6 Å². The number of H-pyrrole nitrogens is 1. The lowest BCUT2D eigenvalue weighted by Gasteiger charge is -2.14. The van der Waals surface area contributed by atoms with Crippen molar-refractivity contribution in [3.8, 4) is 11.3 Å². The highest BCUT2D eigenvalue weighted by Crippen LogP contribution is 2.35. The zero-order valence-electron chi connectivity index (χ0n) is 12.0. The topological polar surface area (TPSA) is 71.2 Å². The van der Waals surface area contributed by atoms with Gasteiger partial charge in [-0.2, -0.15) is 13.2 Å². The number of aromatic amines is 1. The van der Waals surface area contributed by atoms with E-state index in [-0.39, 0.29) is 12.3 Å². The van der Waals surface area contributed by atoms with Gasteiger partial charge in [0.1, 0.15) is 5.69 Å². The molecule has 5 nitrogen and oxygen atoms in total. The number of carbonyl (C=O) groups is 1. The van der Waals surface area contributed by atoms with E-state index in [0.717, 1.165) is 6.07 Å². The fraction of sp³-hybridized carbons (Fsp3) is 0.200. The summed E-state index contributed by atoms with van der Waals surface area (Å²) >= 11 is 0. The number of carbonyl (C=O) groups excluding carboxylic acids is 1. The molecule has 122 valence electrons. The minimum absolute atomic E-state index is 0.00247. The maximum absolute atomic E-state index is 13.2. The monoisotopic (exact) mass is 326 g/mol. The van der Waals surface area contributed by atoms with E-state index in [1.807, 2.05) is 5.32 Å². The van der Waals surface area contributed by atoms with Crippen molar-refractivity contribution < 1.29 is 22.7 Å². The predicted molar refractivity (Wildman–Crippen MR) is 78.1 cm³/mol. The Kier molecular flexibility index (Phi) is 4.73. The highest BCUT2D eigenvalue weighted by atomic mass is 19.4. The number of halogens is 3. The van der Waals surface area contributed by atoms with Gasteiger partial charge < -0.3 is 9.72 Å². The molecule has 8 heteroatoms. The van der Waals surface area contributed by atoms with E-state index < -0.39 is 29.1 Å². The van der Waals surface area contributed by atoms with E-state index in [4.69, 9.17) is 0 Å². The van der Waals surface area contributed by atoms with E-state index in [2.05, 4.69) is 9.72 Å². The molecule has 0 bridgehead atoms. The molecule has 0 radical (unpaired) electrons. The first-order valence-electron chi connectivity index (χ1n) is 6.66. The third kappa shape index (κ3) is 3.91. The zero-order chi connectivity index (χ0) is 17.0. The average Bonchev–Trinajstić information content (AvgIpc) is 2.49. The van der Waals surface area contributed by atoms with Crippen molar-refractivity contribution in [2.75, 3.05) is 11.9 Å². The average molecular weight is 326 g/mol. The first-order valence-corrected chi connectivity index (χ1v) is 6.66. The number of pyridine rings is 1. The first-order chi connectivity index (χ1) is 10.8. The molecule has 0 saturated heterocycles. The van der Waals surface area contributed by atoms with Crippen LogP contribution in [0.15, 0.2) is 41.2 Å². The van der Waals surface area contributed by atoms with Crippen LogP contribution >= 0.6 is 0 Å². The van der Waals surface area contributed by atoms with Crippen molar-refractivity contribution in [2.45, 2.75) is 13.1 Å². The number of hydrogen-bond acceptors (Lipinski definition) is 3. The van der Waals surface area contributed by atoms with E-state index >= 15 is 0 Å². The first kappa shape index (κ1) is 16.6. The van der Waals surface area contributed by atoms with Gasteiger partial charge in [0.05, 0.1) is 12.2 Å². The van der Waals surface area contributed by atoms with E-state index in [0.29, 0.717) is 5.56 Å².